The van der Waals surface area contributed by atoms with Crippen LogP contribution in [0.4, 0.5) is 0 Å². The van der Waals surface area contributed by atoms with Gasteiger partial charge in [0.15, 0.2) is 0 Å². The highest BCUT2D eigenvalue weighted by Gasteiger charge is 2.22. The first-order valence-corrected chi connectivity index (χ1v) is 5.24. The second-order valence-corrected chi connectivity index (χ2v) is 4.81. The maximum absolute atomic E-state index is 11.2. The molecule has 4 nitrogen and oxygen atoms in total. The van der Waals surface area contributed by atoms with Crippen LogP contribution in [0, 0.1) is 11.3 Å². The van der Waals surface area contributed by atoms with Crippen LogP contribution in [0.15, 0.2) is 0 Å². The summed E-state index contributed by atoms with van der Waals surface area (Å²) in [6, 6.07) is 0. The molecule has 0 bridgehead atoms. The molecule has 0 unspecified atom stereocenters. The standard InChI is InChI=1S/C11H21NO3/c1-8(2)11(3,4)7-12-9(13)5-6-10(14)15/h8H,5-7H2,1-4H3,(H,12,13)(H,14,15). The molecule has 0 spiro atoms. The van der Waals surface area contributed by atoms with Gasteiger partial charge in [-0.3, -0.25) is 9.59 Å². The molecule has 0 rings (SSSR count). The Balaban J connectivity index is 3.85. The third-order valence-corrected chi connectivity index (χ3v) is 2.87. The molecule has 0 radical (unpaired) electrons. The summed E-state index contributed by atoms with van der Waals surface area (Å²) in [7, 11) is 0. The van der Waals surface area contributed by atoms with Crippen molar-refractivity contribution >= 4 is 11.9 Å². The number of carbonyl (C=O) groups is 2. The molecule has 4 heteroatoms. The largest absolute Gasteiger partial charge is 0.481 e. The summed E-state index contributed by atoms with van der Waals surface area (Å²) < 4.78 is 0. The number of hydrogen-bond donors (Lipinski definition) is 2. The summed E-state index contributed by atoms with van der Waals surface area (Å²) in [5.41, 5.74) is 0.0406. The second kappa shape index (κ2) is 5.73. The maximum atomic E-state index is 11.2. The lowest BCUT2D eigenvalue weighted by Gasteiger charge is -2.29. The summed E-state index contributed by atoms with van der Waals surface area (Å²) in [5.74, 6) is -0.656. The molecule has 88 valence electrons. The Morgan fingerprint density at radius 2 is 1.80 bits per heavy atom. The van der Waals surface area contributed by atoms with Crippen molar-refractivity contribution in [2.24, 2.45) is 11.3 Å². The molecule has 0 saturated heterocycles. The molecule has 2 N–H and O–H groups in total. The van der Waals surface area contributed by atoms with E-state index < -0.39 is 5.97 Å². The molecule has 0 aromatic carbocycles. The number of rotatable bonds is 6. The molecule has 0 aliphatic rings. The smallest absolute Gasteiger partial charge is 0.303 e. The second-order valence-electron chi connectivity index (χ2n) is 4.81. The van der Waals surface area contributed by atoms with E-state index in [1.807, 2.05) is 0 Å². The molecule has 0 aliphatic heterocycles. The normalized spacial score (nSPS) is 11.5. The van der Waals surface area contributed by atoms with Crippen LogP contribution < -0.4 is 5.32 Å². The Hall–Kier alpha value is -1.06. The van der Waals surface area contributed by atoms with E-state index in [1.165, 1.54) is 0 Å². The van der Waals surface area contributed by atoms with Gasteiger partial charge in [0.25, 0.3) is 0 Å². The van der Waals surface area contributed by atoms with Gasteiger partial charge in [-0.2, -0.15) is 0 Å². The third kappa shape index (κ3) is 6.10. The van der Waals surface area contributed by atoms with Crippen LogP contribution in [0.1, 0.15) is 40.5 Å². The molecule has 0 heterocycles. The zero-order valence-corrected chi connectivity index (χ0v) is 9.96. The number of aliphatic carboxylic acids is 1. The van der Waals surface area contributed by atoms with Gasteiger partial charge in [0.1, 0.15) is 0 Å². The van der Waals surface area contributed by atoms with Crippen LogP contribution in [0.2, 0.25) is 0 Å². The van der Waals surface area contributed by atoms with Gasteiger partial charge >= 0.3 is 5.97 Å². The number of carboxylic acid groups (broad SMARTS) is 1. The van der Waals surface area contributed by atoms with E-state index in [4.69, 9.17) is 5.11 Å². The van der Waals surface area contributed by atoms with Crippen molar-refractivity contribution in [3.05, 3.63) is 0 Å². The van der Waals surface area contributed by atoms with Crippen molar-refractivity contribution in [1.82, 2.24) is 5.32 Å². The third-order valence-electron chi connectivity index (χ3n) is 2.87. The average Bonchev–Trinajstić information content (AvgIpc) is 2.11. The summed E-state index contributed by atoms with van der Waals surface area (Å²) in [6.45, 7) is 8.94. The monoisotopic (exact) mass is 215 g/mol. The molecule has 0 aliphatic carbocycles. The SMILES string of the molecule is CC(C)C(C)(C)CNC(=O)CCC(=O)O. The molecule has 0 aromatic heterocycles. The highest BCUT2D eigenvalue weighted by Crippen LogP contribution is 2.24. The fraction of sp³-hybridized carbons (Fsp3) is 0.818. The van der Waals surface area contributed by atoms with E-state index in [0.717, 1.165) is 0 Å². The zero-order valence-electron chi connectivity index (χ0n) is 9.96. The maximum Gasteiger partial charge on any atom is 0.303 e. The number of nitrogens with one attached hydrogen (secondary N) is 1. The Kier molecular flexibility index (Phi) is 5.33. The summed E-state index contributed by atoms with van der Waals surface area (Å²) in [5, 5.41) is 11.2. The van der Waals surface area contributed by atoms with E-state index in [-0.39, 0.29) is 24.2 Å². The lowest BCUT2D eigenvalue weighted by molar-refractivity contribution is -0.138. The molecule has 0 saturated carbocycles. The van der Waals surface area contributed by atoms with Crippen LogP contribution in [-0.4, -0.2) is 23.5 Å². The number of carbonyl (C=O) groups excluding carboxylic acids is 1. The van der Waals surface area contributed by atoms with Crippen LogP contribution in [0.5, 0.6) is 0 Å². The molecular weight excluding hydrogens is 194 g/mol. The lowest BCUT2D eigenvalue weighted by atomic mass is 9.81. The molecule has 0 atom stereocenters. The topological polar surface area (TPSA) is 66.4 Å². The van der Waals surface area contributed by atoms with Gasteiger partial charge in [0.2, 0.25) is 5.91 Å². The predicted octanol–water partition coefficient (Wildman–Crippen LogP) is 1.65. The molecule has 1 amide bonds. The number of carboxylic acids is 1. The highest BCUT2D eigenvalue weighted by molar-refractivity contribution is 5.80. The highest BCUT2D eigenvalue weighted by atomic mass is 16.4. The van der Waals surface area contributed by atoms with Gasteiger partial charge in [-0.05, 0) is 11.3 Å². The van der Waals surface area contributed by atoms with Crippen LogP contribution in [0.25, 0.3) is 0 Å². The van der Waals surface area contributed by atoms with Gasteiger partial charge in [-0.25, -0.2) is 0 Å². The van der Waals surface area contributed by atoms with Crippen molar-refractivity contribution < 1.29 is 14.7 Å². The van der Waals surface area contributed by atoms with Gasteiger partial charge in [-0.1, -0.05) is 27.7 Å². The summed E-state index contributed by atoms with van der Waals surface area (Å²) in [6.07, 6.45) is -0.0442. The van der Waals surface area contributed by atoms with Gasteiger partial charge < -0.3 is 10.4 Å². The fourth-order valence-electron chi connectivity index (χ4n) is 0.839. The predicted molar refractivity (Wildman–Crippen MR) is 58.5 cm³/mol. The van der Waals surface area contributed by atoms with E-state index in [1.54, 1.807) is 0 Å². The molecular formula is C11H21NO3. The first-order chi connectivity index (χ1) is 6.75. The molecule has 15 heavy (non-hydrogen) atoms. The summed E-state index contributed by atoms with van der Waals surface area (Å²) >= 11 is 0. The van der Waals surface area contributed by atoms with Crippen molar-refractivity contribution in [3.8, 4) is 0 Å². The molecule has 0 fully saturated rings. The zero-order chi connectivity index (χ0) is 12.1. The fourth-order valence-corrected chi connectivity index (χ4v) is 0.839. The Morgan fingerprint density at radius 3 is 2.20 bits per heavy atom. The van der Waals surface area contributed by atoms with Crippen LogP contribution in [-0.2, 0) is 9.59 Å². The van der Waals surface area contributed by atoms with Gasteiger partial charge in [0, 0.05) is 13.0 Å². The average molecular weight is 215 g/mol. The van der Waals surface area contributed by atoms with Crippen LogP contribution in [0.3, 0.4) is 0 Å². The lowest BCUT2D eigenvalue weighted by Crippen LogP contribution is -2.37. The number of hydrogen-bond acceptors (Lipinski definition) is 2. The van der Waals surface area contributed by atoms with Gasteiger partial charge in [-0.15, -0.1) is 0 Å². The van der Waals surface area contributed by atoms with Crippen molar-refractivity contribution in [1.29, 1.82) is 0 Å². The first-order valence-electron chi connectivity index (χ1n) is 5.24. The minimum absolute atomic E-state index is 0.0406. The minimum Gasteiger partial charge on any atom is -0.481 e. The quantitative estimate of drug-likeness (QED) is 0.708. The Morgan fingerprint density at radius 1 is 1.27 bits per heavy atom. The Labute approximate surface area is 91.1 Å². The van der Waals surface area contributed by atoms with E-state index in [0.29, 0.717) is 12.5 Å². The molecule has 0 aromatic rings. The van der Waals surface area contributed by atoms with Gasteiger partial charge in [0.05, 0.1) is 6.42 Å². The van der Waals surface area contributed by atoms with Crippen molar-refractivity contribution in [2.75, 3.05) is 6.54 Å². The van der Waals surface area contributed by atoms with Crippen molar-refractivity contribution in [2.45, 2.75) is 40.5 Å². The number of amides is 1. The minimum atomic E-state index is -0.937. The van der Waals surface area contributed by atoms with E-state index in [9.17, 15) is 9.59 Å². The Bertz CT molecular complexity index is 234. The van der Waals surface area contributed by atoms with E-state index in [2.05, 4.69) is 33.0 Å². The van der Waals surface area contributed by atoms with E-state index >= 15 is 0 Å². The summed E-state index contributed by atoms with van der Waals surface area (Å²) in [4.78, 5) is 21.5. The van der Waals surface area contributed by atoms with Crippen LogP contribution >= 0.6 is 0 Å². The van der Waals surface area contributed by atoms with Crippen molar-refractivity contribution in [3.63, 3.8) is 0 Å². The first kappa shape index (κ1) is 13.9.